The van der Waals surface area contributed by atoms with Crippen molar-refractivity contribution in [3.8, 4) is 0 Å². The van der Waals surface area contributed by atoms with Crippen molar-refractivity contribution < 1.29 is 14.8 Å². The van der Waals surface area contributed by atoms with Gasteiger partial charge in [-0.05, 0) is 18.3 Å². The topological polar surface area (TPSA) is 49.7 Å². The first-order chi connectivity index (χ1) is 4.75. The summed E-state index contributed by atoms with van der Waals surface area (Å²) in [5.74, 6) is 0.0926. The highest BCUT2D eigenvalue weighted by molar-refractivity contribution is 6.44. The van der Waals surface area contributed by atoms with Crippen LogP contribution < -0.4 is 0 Å². The Bertz CT molecular complexity index is 142. The summed E-state index contributed by atoms with van der Waals surface area (Å²) in [6, 6.07) is 0. The van der Waals surface area contributed by atoms with Crippen LogP contribution in [0, 0.1) is 5.41 Å². The minimum absolute atomic E-state index is 0.0926. The molecule has 10 heavy (non-hydrogen) atoms. The molecule has 0 aromatic rings. The maximum absolute atomic E-state index is 8.82. The molecule has 2 fully saturated rings. The molecule has 3 nitrogen and oxygen atoms in total. The zero-order valence-electron chi connectivity index (χ0n) is 5.79. The van der Waals surface area contributed by atoms with Crippen LogP contribution in [0.25, 0.3) is 0 Å². The Kier molecular flexibility index (Phi) is 1.31. The number of rotatable bonds is 1. The van der Waals surface area contributed by atoms with Gasteiger partial charge in [0.15, 0.2) is 0 Å². The third kappa shape index (κ3) is 0.796. The molecule has 1 aliphatic heterocycles. The van der Waals surface area contributed by atoms with E-state index >= 15 is 0 Å². The highest BCUT2D eigenvalue weighted by Crippen LogP contribution is 2.63. The molecule has 2 aliphatic rings. The monoisotopic (exact) mass is 142 g/mol. The van der Waals surface area contributed by atoms with Crippen molar-refractivity contribution in [3.63, 3.8) is 0 Å². The summed E-state index contributed by atoms with van der Waals surface area (Å²) in [5.41, 5.74) is 0.161. The summed E-state index contributed by atoms with van der Waals surface area (Å²) in [5, 5.41) is 17.6. The van der Waals surface area contributed by atoms with Crippen LogP contribution in [0.1, 0.15) is 12.8 Å². The standard InChI is InChI=1S/C6H11BO3/c8-7(9)5-3-6(5)1-2-10-4-6/h5,8-9H,1-4H2. The Hall–Kier alpha value is -0.0551. The minimum Gasteiger partial charge on any atom is -0.427 e. The van der Waals surface area contributed by atoms with Gasteiger partial charge in [-0.25, -0.2) is 0 Å². The highest BCUT2D eigenvalue weighted by atomic mass is 16.5. The average Bonchev–Trinajstić information content (AvgIpc) is 2.32. The highest BCUT2D eigenvalue weighted by Gasteiger charge is 2.60. The van der Waals surface area contributed by atoms with E-state index in [9.17, 15) is 0 Å². The van der Waals surface area contributed by atoms with E-state index < -0.39 is 7.12 Å². The number of ether oxygens (including phenoxy) is 1. The van der Waals surface area contributed by atoms with Crippen LogP contribution in [-0.2, 0) is 4.74 Å². The summed E-state index contributed by atoms with van der Waals surface area (Å²) < 4.78 is 5.18. The van der Waals surface area contributed by atoms with Crippen molar-refractivity contribution in [2.45, 2.75) is 18.7 Å². The molecule has 2 rings (SSSR count). The predicted molar refractivity (Wildman–Crippen MR) is 36.4 cm³/mol. The molecule has 0 aromatic carbocycles. The molecular formula is C6H11BO3. The lowest BCUT2D eigenvalue weighted by Gasteiger charge is -2.03. The van der Waals surface area contributed by atoms with Gasteiger partial charge in [-0.1, -0.05) is 0 Å². The maximum Gasteiger partial charge on any atom is 0.455 e. The van der Waals surface area contributed by atoms with E-state index in [1.807, 2.05) is 0 Å². The molecule has 1 saturated carbocycles. The lowest BCUT2D eigenvalue weighted by molar-refractivity contribution is 0.181. The van der Waals surface area contributed by atoms with Crippen LogP contribution in [0.2, 0.25) is 5.82 Å². The van der Waals surface area contributed by atoms with E-state index in [0.29, 0.717) is 0 Å². The third-order valence-corrected chi connectivity index (χ3v) is 2.75. The fourth-order valence-corrected chi connectivity index (χ4v) is 1.88. The Labute approximate surface area is 60.1 Å². The van der Waals surface area contributed by atoms with Gasteiger partial charge in [0.1, 0.15) is 0 Å². The van der Waals surface area contributed by atoms with Crippen LogP contribution in [-0.4, -0.2) is 30.4 Å². The molecule has 2 atom stereocenters. The van der Waals surface area contributed by atoms with Crippen LogP contribution in [0.5, 0.6) is 0 Å². The summed E-state index contributed by atoms with van der Waals surface area (Å²) in [7, 11) is -1.12. The molecule has 0 radical (unpaired) electrons. The van der Waals surface area contributed by atoms with Gasteiger partial charge in [0.2, 0.25) is 0 Å². The van der Waals surface area contributed by atoms with Gasteiger partial charge >= 0.3 is 7.12 Å². The van der Waals surface area contributed by atoms with Crippen molar-refractivity contribution in [3.05, 3.63) is 0 Å². The average molecular weight is 142 g/mol. The molecule has 0 aromatic heterocycles. The zero-order valence-corrected chi connectivity index (χ0v) is 5.79. The largest absolute Gasteiger partial charge is 0.455 e. The summed E-state index contributed by atoms with van der Waals surface area (Å²) >= 11 is 0. The Balaban J connectivity index is 1.97. The minimum atomic E-state index is -1.12. The van der Waals surface area contributed by atoms with Gasteiger partial charge in [-0.2, -0.15) is 0 Å². The van der Waals surface area contributed by atoms with E-state index in [0.717, 1.165) is 26.1 Å². The van der Waals surface area contributed by atoms with Crippen molar-refractivity contribution in [2.24, 2.45) is 5.41 Å². The predicted octanol–water partition coefficient (Wildman–Crippen LogP) is -0.360. The second-order valence-corrected chi connectivity index (χ2v) is 3.39. The van der Waals surface area contributed by atoms with Crippen molar-refractivity contribution in [2.75, 3.05) is 13.2 Å². The van der Waals surface area contributed by atoms with Crippen molar-refractivity contribution in [1.82, 2.24) is 0 Å². The van der Waals surface area contributed by atoms with Gasteiger partial charge in [-0.3, -0.25) is 0 Å². The lowest BCUT2D eigenvalue weighted by Crippen LogP contribution is -2.16. The number of hydrogen-bond acceptors (Lipinski definition) is 3. The number of hydrogen-bond donors (Lipinski definition) is 2. The van der Waals surface area contributed by atoms with Crippen LogP contribution >= 0.6 is 0 Å². The zero-order chi connectivity index (χ0) is 7.19. The van der Waals surface area contributed by atoms with Gasteiger partial charge < -0.3 is 14.8 Å². The summed E-state index contributed by atoms with van der Waals surface area (Å²) in [6.07, 6.45) is 1.94. The van der Waals surface area contributed by atoms with Crippen molar-refractivity contribution >= 4 is 7.12 Å². The summed E-state index contributed by atoms with van der Waals surface area (Å²) in [4.78, 5) is 0. The van der Waals surface area contributed by atoms with E-state index in [1.165, 1.54) is 0 Å². The molecular weight excluding hydrogens is 131 g/mol. The Morgan fingerprint density at radius 2 is 2.30 bits per heavy atom. The van der Waals surface area contributed by atoms with E-state index in [2.05, 4.69) is 0 Å². The molecule has 1 spiro atoms. The fraction of sp³-hybridized carbons (Fsp3) is 1.00. The van der Waals surface area contributed by atoms with Crippen LogP contribution in [0.3, 0.4) is 0 Å². The van der Waals surface area contributed by atoms with Crippen LogP contribution in [0.15, 0.2) is 0 Å². The quantitative estimate of drug-likeness (QED) is 0.491. The summed E-state index contributed by atoms with van der Waals surface area (Å²) in [6.45, 7) is 1.53. The van der Waals surface area contributed by atoms with Crippen LogP contribution in [0.4, 0.5) is 0 Å². The second kappa shape index (κ2) is 1.97. The molecule has 2 N–H and O–H groups in total. The van der Waals surface area contributed by atoms with E-state index in [4.69, 9.17) is 14.8 Å². The smallest absolute Gasteiger partial charge is 0.427 e. The van der Waals surface area contributed by atoms with Gasteiger partial charge in [-0.15, -0.1) is 0 Å². The molecule has 4 heteroatoms. The molecule has 2 unspecified atom stereocenters. The van der Waals surface area contributed by atoms with Gasteiger partial charge in [0.25, 0.3) is 0 Å². The normalized spacial score (nSPS) is 44.4. The molecule has 0 amide bonds. The second-order valence-electron chi connectivity index (χ2n) is 3.39. The molecule has 0 bridgehead atoms. The fourth-order valence-electron chi connectivity index (χ4n) is 1.88. The molecule has 56 valence electrons. The Morgan fingerprint density at radius 3 is 2.70 bits per heavy atom. The van der Waals surface area contributed by atoms with Gasteiger partial charge in [0.05, 0.1) is 6.61 Å². The first-order valence-electron chi connectivity index (χ1n) is 3.68. The van der Waals surface area contributed by atoms with E-state index in [1.54, 1.807) is 0 Å². The Morgan fingerprint density at radius 1 is 1.50 bits per heavy atom. The first kappa shape index (κ1) is 6.64. The van der Waals surface area contributed by atoms with Crippen molar-refractivity contribution in [1.29, 1.82) is 0 Å². The first-order valence-corrected chi connectivity index (χ1v) is 3.68. The molecule has 1 heterocycles. The lowest BCUT2D eigenvalue weighted by atomic mass is 9.78. The SMILES string of the molecule is OB(O)C1CC12CCOC2. The maximum atomic E-state index is 8.82. The molecule has 1 aliphatic carbocycles. The van der Waals surface area contributed by atoms with Gasteiger partial charge in [0, 0.05) is 12.4 Å². The van der Waals surface area contributed by atoms with E-state index in [-0.39, 0.29) is 11.2 Å². The molecule has 1 saturated heterocycles. The third-order valence-electron chi connectivity index (χ3n) is 2.75.